The third-order valence-corrected chi connectivity index (χ3v) is 1.55. The van der Waals surface area contributed by atoms with Crippen LogP contribution in [0.3, 0.4) is 0 Å². The molecular weight excluding hydrogens is 194 g/mol. The average Bonchev–Trinajstić information content (AvgIpc) is 2.48. The van der Waals surface area contributed by atoms with E-state index < -0.39 is 5.43 Å². The molecule has 0 aliphatic rings. The lowest BCUT2D eigenvalue weighted by Crippen LogP contribution is -2.14. The normalized spacial score (nSPS) is 10.2. The lowest BCUT2D eigenvalue weighted by atomic mass is 10.3. The standard InChI is InChI=1S/C7H4ClN3O2/c8-7(12)13-11-6-4-2-1-3-5(6)9-10-11/h1-4H. The molecule has 1 aromatic heterocycles. The maximum Gasteiger partial charge on any atom is 0.429 e. The predicted molar refractivity (Wildman–Crippen MR) is 45.4 cm³/mol. The first-order valence-electron chi connectivity index (χ1n) is 3.45. The van der Waals surface area contributed by atoms with Gasteiger partial charge < -0.3 is 4.84 Å². The number of nitrogens with zero attached hydrogens (tertiary/aromatic N) is 3. The Kier molecular flexibility index (Phi) is 1.86. The molecule has 0 unspecified atom stereocenters. The Balaban J connectivity index is 2.51. The minimum Gasteiger partial charge on any atom is -0.301 e. The van der Waals surface area contributed by atoms with Crippen LogP contribution in [0.4, 0.5) is 4.79 Å². The van der Waals surface area contributed by atoms with Crippen LogP contribution in [0.2, 0.25) is 0 Å². The van der Waals surface area contributed by atoms with E-state index in [-0.39, 0.29) is 0 Å². The van der Waals surface area contributed by atoms with Crippen molar-refractivity contribution >= 4 is 28.1 Å². The van der Waals surface area contributed by atoms with Crippen molar-refractivity contribution in [2.75, 3.05) is 0 Å². The SMILES string of the molecule is O=C(Cl)On1nnc2ccccc21. The number of halogens is 1. The molecule has 0 amide bonds. The summed E-state index contributed by atoms with van der Waals surface area (Å²) in [5, 5.41) is 7.32. The summed E-state index contributed by atoms with van der Waals surface area (Å²) in [4.78, 5) is 15.9. The van der Waals surface area contributed by atoms with Gasteiger partial charge in [0.1, 0.15) is 11.0 Å². The number of carbonyl (C=O) groups excluding carboxylic acids is 1. The van der Waals surface area contributed by atoms with E-state index in [0.717, 1.165) is 4.85 Å². The summed E-state index contributed by atoms with van der Waals surface area (Å²) < 4.78 is 0. The minimum absolute atomic E-state index is 0.594. The van der Waals surface area contributed by atoms with Crippen LogP contribution in [0.1, 0.15) is 0 Å². The smallest absolute Gasteiger partial charge is 0.301 e. The van der Waals surface area contributed by atoms with Gasteiger partial charge in [0, 0.05) is 11.6 Å². The second-order valence-electron chi connectivity index (χ2n) is 2.28. The molecule has 0 saturated heterocycles. The second-order valence-corrected chi connectivity index (χ2v) is 2.59. The highest BCUT2D eigenvalue weighted by atomic mass is 35.5. The van der Waals surface area contributed by atoms with E-state index in [0.29, 0.717) is 11.0 Å². The number of rotatable bonds is 1. The van der Waals surface area contributed by atoms with Gasteiger partial charge in [-0.3, -0.25) is 0 Å². The van der Waals surface area contributed by atoms with Gasteiger partial charge in [-0.1, -0.05) is 17.0 Å². The van der Waals surface area contributed by atoms with Crippen LogP contribution in [0.15, 0.2) is 24.3 Å². The van der Waals surface area contributed by atoms with Gasteiger partial charge in [0.15, 0.2) is 0 Å². The Morgan fingerprint density at radius 1 is 1.46 bits per heavy atom. The van der Waals surface area contributed by atoms with Crippen molar-refractivity contribution in [1.82, 2.24) is 15.2 Å². The molecule has 0 radical (unpaired) electrons. The van der Waals surface area contributed by atoms with Crippen LogP contribution < -0.4 is 4.84 Å². The van der Waals surface area contributed by atoms with Crippen molar-refractivity contribution in [3.8, 4) is 0 Å². The van der Waals surface area contributed by atoms with E-state index in [2.05, 4.69) is 15.1 Å². The first kappa shape index (κ1) is 8.00. The van der Waals surface area contributed by atoms with E-state index in [1.165, 1.54) is 0 Å². The number of hydrogen-bond donors (Lipinski definition) is 0. The molecule has 2 aromatic rings. The fourth-order valence-corrected chi connectivity index (χ4v) is 1.05. The van der Waals surface area contributed by atoms with Crippen molar-refractivity contribution < 1.29 is 9.63 Å². The van der Waals surface area contributed by atoms with Gasteiger partial charge in [-0.05, 0) is 17.3 Å². The Morgan fingerprint density at radius 2 is 2.23 bits per heavy atom. The van der Waals surface area contributed by atoms with Gasteiger partial charge in [0.05, 0.1) is 0 Å². The molecule has 5 nitrogen and oxygen atoms in total. The first-order valence-corrected chi connectivity index (χ1v) is 3.83. The molecule has 1 aromatic carbocycles. The molecule has 0 spiro atoms. The third kappa shape index (κ3) is 1.46. The predicted octanol–water partition coefficient (Wildman–Crippen LogP) is 1.22. The number of carbonyl (C=O) groups is 1. The maximum absolute atomic E-state index is 10.4. The van der Waals surface area contributed by atoms with Crippen LogP contribution >= 0.6 is 11.6 Å². The molecule has 0 N–H and O–H groups in total. The summed E-state index contributed by atoms with van der Waals surface area (Å²) in [6.45, 7) is 0. The number of benzene rings is 1. The Bertz CT molecular complexity index is 454. The topological polar surface area (TPSA) is 57.0 Å². The summed E-state index contributed by atoms with van der Waals surface area (Å²) in [5.74, 6) is 0. The highest BCUT2D eigenvalue weighted by Gasteiger charge is 2.06. The van der Waals surface area contributed by atoms with Crippen LogP contribution in [0.5, 0.6) is 0 Å². The molecule has 0 aliphatic heterocycles. The quantitative estimate of drug-likeness (QED) is 0.510. The highest BCUT2D eigenvalue weighted by molar-refractivity contribution is 6.61. The van der Waals surface area contributed by atoms with Gasteiger partial charge in [0.2, 0.25) is 0 Å². The molecule has 2 rings (SSSR count). The first-order chi connectivity index (χ1) is 6.27. The van der Waals surface area contributed by atoms with Gasteiger partial charge in [-0.25, -0.2) is 4.79 Å². The second kappa shape index (κ2) is 3.02. The Hall–Kier alpha value is -1.62. The summed E-state index contributed by atoms with van der Waals surface area (Å²) in [6.07, 6.45) is 0. The summed E-state index contributed by atoms with van der Waals surface area (Å²) >= 11 is 5.02. The van der Waals surface area contributed by atoms with E-state index in [4.69, 9.17) is 11.6 Å². The maximum atomic E-state index is 10.4. The Morgan fingerprint density at radius 3 is 3.00 bits per heavy atom. The molecule has 0 bridgehead atoms. The lowest BCUT2D eigenvalue weighted by Gasteiger charge is -1.96. The Labute approximate surface area is 77.8 Å². The van der Waals surface area contributed by atoms with Gasteiger partial charge >= 0.3 is 5.43 Å². The largest absolute Gasteiger partial charge is 0.429 e. The van der Waals surface area contributed by atoms with Crippen molar-refractivity contribution in [3.63, 3.8) is 0 Å². The van der Waals surface area contributed by atoms with E-state index in [1.54, 1.807) is 18.2 Å². The molecule has 0 atom stereocenters. The van der Waals surface area contributed by atoms with Crippen molar-refractivity contribution in [2.24, 2.45) is 0 Å². The fraction of sp³-hybridized carbons (Fsp3) is 0. The van der Waals surface area contributed by atoms with Gasteiger partial charge in [-0.2, -0.15) is 0 Å². The van der Waals surface area contributed by atoms with Gasteiger partial charge in [-0.15, -0.1) is 5.10 Å². The summed E-state index contributed by atoms with van der Waals surface area (Å²) in [5.41, 5.74) is 0.285. The fourth-order valence-electron chi connectivity index (χ4n) is 0.983. The van der Waals surface area contributed by atoms with Crippen LogP contribution in [-0.2, 0) is 0 Å². The molecule has 6 heteroatoms. The summed E-state index contributed by atoms with van der Waals surface area (Å²) in [7, 11) is 0. The van der Waals surface area contributed by atoms with Gasteiger partial charge in [0.25, 0.3) is 0 Å². The molecule has 0 aliphatic carbocycles. The van der Waals surface area contributed by atoms with Crippen LogP contribution in [-0.4, -0.2) is 20.6 Å². The zero-order valence-corrected chi connectivity index (χ0v) is 7.10. The van der Waals surface area contributed by atoms with Crippen LogP contribution in [0.25, 0.3) is 11.0 Å². The van der Waals surface area contributed by atoms with E-state index in [9.17, 15) is 4.79 Å². The van der Waals surface area contributed by atoms with E-state index >= 15 is 0 Å². The number of aromatic nitrogens is 3. The number of fused-ring (bicyclic) bond motifs is 1. The highest BCUT2D eigenvalue weighted by Crippen LogP contribution is 2.08. The summed E-state index contributed by atoms with van der Waals surface area (Å²) in [6, 6.07) is 7.06. The average molecular weight is 198 g/mol. The van der Waals surface area contributed by atoms with E-state index in [1.807, 2.05) is 6.07 Å². The zero-order chi connectivity index (χ0) is 9.26. The number of para-hydroxylation sites is 1. The molecule has 0 saturated carbocycles. The minimum atomic E-state index is -0.948. The monoisotopic (exact) mass is 197 g/mol. The van der Waals surface area contributed by atoms with Crippen molar-refractivity contribution in [2.45, 2.75) is 0 Å². The van der Waals surface area contributed by atoms with Crippen molar-refractivity contribution in [1.29, 1.82) is 0 Å². The molecule has 66 valence electrons. The lowest BCUT2D eigenvalue weighted by molar-refractivity contribution is 0.144. The van der Waals surface area contributed by atoms with Crippen LogP contribution in [0, 0.1) is 0 Å². The molecule has 13 heavy (non-hydrogen) atoms. The zero-order valence-electron chi connectivity index (χ0n) is 6.35. The number of hydrogen-bond acceptors (Lipinski definition) is 4. The molecule has 0 fully saturated rings. The third-order valence-electron chi connectivity index (χ3n) is 1.48. The molecule has 1 heterocycles. The molecular formula is C7H4ClN3O2. The van der Waals surface area contributed by atoms with Crippen molar-refractivity contribution in [3.05, 3.63) is 24.3 Å².